The second kappa shape index (κ2) is 14.5. The van der Waals surface area contributed by atoms with Gasteiger partial charge >= 0.3 is 5.97 Å². The highest BCUT2D eigenvalue weighted by atomic mass is 16.5. The van der Waals surface area contributed by atoms with E-state index in [2.05, 4.69) is 59.7 Å². The van der Waals surface area contributed by atoms with Crippen LogP contribution < -0.4 is 0 Å². The number of ketones is 1. The third kappa shape index (κ3) is 8.60. The molecule has 0 bridgehead atoms. The predicted molar refractivity (Wildman–Crippen MR) is 159 cm³/mol. The zero-order valence-corrected chi connectivity index (χ0v) is 24.0. The molecule has 210 valence electrons. The van der Waals surface area contributed by atoms with Crippen molar-refractivity contribution in [3.8, 4) is 22.4 Å². The molecule has 1 aromatic heterocycles. The summed E-state index contributed by atoms with van der Waals surface area (Å²) in [5, 5.41) is 8.83. The van der Waals surface area contributed by atoms with Crippen LogP contribution in [0.15, 0.2) is 84.6 Å². The Labute approximate surface area is 238 Å². The molecule has 3 atom stereocenters. The molecule has 2 aromatic carbocycles. The molecule has 0 N–H and O–H groups in total. The molecule has 2 unspecified atom stereocenters. The summed E-state index contributed by atoms with van der Waals surface area (Å²) in [6, 6.07) is 18.6. The van der Waals surface area contributed by atoms with Gasteiger partial charge in [-0.1, -0.05) is 104 Å². The lowest BCUT2D eigenvalue weighted by Crippen LogP contribution is -2.29. The topological polar surface area (TPSA) is 74.1 Å². The Balaban J connectivity index is 1.53. The molecule has 1 aliphatic heterocycles. The van der Waals surface area contributed by atoms with Crippen molar-refractivity contribution in [3.05, 3.63) is 84.6 Å². The predicted octanol–water partition coefficient (Wildman–Crippen LogP) is 7.61. The normalized spacial score (nSPS) is 23.7. The summed E-state index contributed by atoms with van der Waals surface area (Å²) < 4.78 is 7.83. The largest absolute Gasteiger partial charge is 0.462 e. The maximum atomic E-state index is 12.8. The number of benzene rings is 2. The summed E-state index contributed by atoms with van der Waals surface area (Å²) in [5.41, 5.74) is 5.07. The first-order valence-electron chi connectivity index (χ1n) is 14.6. The summed E-state index contributed by atoms with van der Waals surface area (Å²) in [7, 11) is 0. The van der Waals surface area contributed by atoms with Gasteiger partial charge in [0.25, 0.3) is 0 Å². The van der Waals surface area contributed by atoms with Gasteiger partial charge in [-0.2, -0.15) is 0 Å². The van der Waals surface area contributed by atoms with Crippen molar-refractivity contribution in [2.24, 2.45) is 11.8 Å². The molecule has 0 spiro atoms. The van der Waals surface area contributed by atoms with Crippen LogP contribution >= 0.6 is 0 Å². The van der Waals surface area contributed by atoms with Crippen molar-refractivity contribution in [3.63, 3.8) is 0 Å². The first-order valence-corrected chi connectivity index (χ1v) is 14.6. The number of hydrogen-bond donors (Lipinski definition) is 0. The third-order valence-corrected chi connectivity index (χ3v) is 7.61. The first kappa shape index (κ1) is 29.2. The fourth-order valence-corrected chi connectivity index (χ4v) is 5.18. The van der Waals surface area contributed by atoms with E-state index in [1.165, 1.54) is 5.56 Å². The van der Waals surface area contributed by atoms with Gasteiger partial charge in [-0.05, 0) is 49.3 Å². The maximum absolute atomic E-state index is 12.8. The molecule has 0 radical (unpaired) electrons. The van der Waals surface area contributed by atoms with E-state index in [1.807, 2.05) is 49.0 Å². The number of nitrogens with zero attached hydrogens (tertiary/aromatic N) is 3. The highest BCUT2D eigenvalue weighted by Crippen LogP contribution is 2.25. The standard InChI is InChI=1S/C34H41N3O3/c1-4-33-30(22-26(3)14-20-31(38)13-9-8-10-25(2)15-21-34(39)40-33)23-37-24-32(35-36-37)29-18-16-28(17-19-29)27-11-6-5-7-12-27/h5-7,11-12,14,16-20,22,24-25,30,33H,4,8-10,13,15,21,23H2,1-3H3/b20-14+,26-22+/t25-,30?,33?/m1/s1. The summed E-state index contributed by atoms with van der Waals surface area (Å²) in [6.07, 6.45) is 12.7. The highest BCUT2D eigenvalue weighted by molar-refractivity contribution is 5.90. The van der Waals surface area contributed by atoms with Crippen molar-refractivity contribution in [1.29, 1.82) is 0 Å². The van der Waals surface area contributed by atoms with E-state index in [0.29, 0.717) is 31.7 Å². The maximum Gasteiger partial charge on any atom is 0.306 e. The lowest BCUT2D eigenvalue weighted by Gasteiger charge is -2.25. The lowest BCUT2D eigenvalue weighted by molar-refractivity contribution is -0.151. The molecule has 3 aromatic rings. The van der Waals surface area contributed by atoms with Gasteiger partial charge in [0.05, 0.1) is 12.7 Å². The fourth-order valence-electron chi connectivity index (χ4n) is 5.18. The van der Waals surface area contributed by atoms with E-state index in [-0.39, 0.29) is 23.8 Å². The average molecular weight is 540 g/mol. The van der Waals surface area contributed by atoms with Gasteiger partial charge in [0, 0.05) is 24.3 Å². The van der Waals surface area contributed by atoms with Crippen molar-refractivity contribution in [2.75, 3.05) is 0 Å². The van der Waals surface area contributed by atoms with E-state index in [0.717, 1.165) is 48.1 Å². The van der Waals surface area contributed by atoms with Gasteiger partial charge in [-0.15, -0.1) is 5.10 Å². The van der Waals surface area contributed by atoms with Gasteiger partial charge in [0.1, 0.15) is 11.8 Å². The summed E-state index contributed by atoms with van der Waals surface area (Å²) >= 11 is 0. The number of ether oxygens (including phenoxy) is 1. The number of rotatable bonds is 5. The van der Waals surface area contributed by atoms with Crippen LogP contribution in [-0.2, 0) is 20.9 Å². The van der Waals surface area contributed by atoms with Crippen LogP contribution in [0.3, 0.4) is 0 Å². The summed E-state index contributed by atoms with van der Waals surface area (Å²) in [6.45, 7) is 6.70. The molecular weight excluding hydrogens is 498 g/mol. The lowest BCUT2D eigenvalue weighted by atomic mass is 9.95. The molecule has 2 heterocycles. The Morgan fingerprint density at radius 1 is 0.900 bits per heavy atom. The second-order valence-electron chi connectivity index (χ2n) is 11.0. The number of cyclic esters (lactones) is 1. The number of carbonyl (C=O) groups excluding carboxylic acids is 2. The average Bonchev–Trinajstić information content (AvgIpc) is 3.44. The van der Waals surface area contributed by atoms with Crippen LogP contribution in [0.25, 0.3) is 22.4 Å². The van der Waals surface area contributed by atoms with Gasteiger partial charge in [-0.25, -0.2) is 0 Å². The first-order chi connectivity index (χ1) is 19.4. The fraction of sp³-hybridized carbons (Fsp3) is 0.412. The van der Waals surface area contributed by atoms with E-state index in [1.54, 1.807) is 6.08 Å². The SMILES string of the molecule is CCC1OC(=O)CC[C@H](C)CCCCC(=O)/C=C/C(C)=C/C1Cn1cc(-c2ccc(-c3ccccc3)cc2)nn1. The third-order valence-electron chi connectivity index (χ3n) is 7.61. The molecule has 40 heavy (non-hydrogen) atoms. The molecule has 0 saturated carbocycles. The monoisotopic (exact) mass is 539 g/mol. The van der Waals surface area contributed by atoms with Crippen LogP contribution in [-0.4, -0.2) is 32.9 Å². The van der Waals surface area contributed by atoms with Crippen molar-refractivity contribution < 1.29 is 14.3 Å². The summed E-state index contributed by atoms with van der Waals surface area (Å²) in [5.74, 6) is 0.320. The van der Waals surface area contributed by atoms with Crippen LogP contribution in [0, 0.1) is 11.8 Å². The van der Waals surface area contributed by atoms with Crippen LogP contribution in [0.5, 0.6) is 0 Å². The number of carbonyl (C=O) groups is 2. The molecule has 0 fully saturated rings. The van der Waals surface area contributed by atoms with E-state index >= 15 is 0 Å². The number of hydrogen-bond acceptors (Lipinski definition) is 5. The zero-order chi connectivity index (χ0) is 28.3. The minimum atomic E-state index is -0.299. The van der Waals surface area contributed by atoms with Crippen molar-refractivity contribution in [2.45, 2.75) is 78.4 Å². The number of esters is 1. The molecule has 0 amide bonds. The van der Waals surface area contributed by atoms with Gasteiger partial charge < -0.3 is 4.74 Å². The van der Waals surface area contributed by atoms with Crippen LogP contribution in [0.1, 0.15) is 65.7 Å². The Kier molecular flexibility index (Phi) is 10.6. The molecule has 0 saturated heterocycles. The smallest absolute Gasteiger partial charge is 0.306 e. The Hall–Kier alpha value is -3.80. The quantitative estimate of drug-likeness (QED) is 0.312. The molecule has 0 aliphatic carbocycles. The van der Waals surface area contributed by atoms with E-state index in [4.69, 9.17) is 4.74 Å². The van der Waals surface area contributed by atoms with Gasteiger partial charge in [0.15, 0.2) is 5.78 Å². The molecule has 6 heteroatoms. The molecule has 6 nitrogen and oxygen atoms in total. The Bertz CT molecular complexity index is 1310. The molecule has 4 rings (SSSR count). The number of aromatic nitrogens is 3. The minimum absolute atomic E-state index is 0.117. The van der Waals surface area contributed by atoms with Gasteiger partial charge in [-0.3, -0.25) is 14.3 Å². The zero-order valence-electron chi connectivity index (χ0n) is 24.0. The van der Waals surface area contributed by atoms with Crippen LogP contribution in [0.4, 0.5) is 0 Å². The van der Waals surface area contributed by atoms with Gasteiger partial charge in [0.2, 0.25) is 0 Å². The summed E-state index contributed by atoms with van der Waals surface area (Å²) in [4.78, 5) is 25.2. The number of allylic oxidation sites excluding steroid dienone is 3. The Morgan fingerprint density at radius 2 is 1.62 bits per heavy atom. The molecule has 1 aliphatic rings. The van der Waals surface area contributed by atoms with E-state index < -0.39 is 0 Å². The minimum Gasteiger partial charge on any atom is -0.462 e. The van der Waals surface area contributed by atoms with E-state index in [9.17, 15) is 9.59 Å². The Morgan fingerprint density at radius 3 is 2.38 bits per heavy atom. The second-order valence-corrected chi connectivity index (χ2v) is 11.0. The highest BCUT2D eigenvalue weighted by Gasteiger charge is 2.24. The van der Waals surface area contributed by atoms with Crippen LogP contribution in [0.2, 0.25) is 0 Å². The molecular formula is C34H41N3O3. The van der Waals surface area contributed by atoms with Crippen molar-refractivity contribution >= 4 is 11.8 Å². The van der Waals surface area contributed by atoms with Crippen molar-refractivity contribution in [1.82, 2.24) is 15.0 Å².